The van der Waals surface area contributed by atoms with Crippen LogP contribution in [0.2, 0.25) is 4.34 Å². The van der Waals surface area contributed by atoms with E-state index in [4.69, 9.17) is 23.2 Å². The molecule has 1 aromatic heterocycles. The fourth-order valence-corrected chi connectivity index (χ4v) is 4.27. The summed E-state index contributed by atoms with van der Waals surface area (Å²) in [6.07, 6.45) is 0. The zero-order chi connectivity index (χ0) is 12.6. The minimum atomic E-state index is -3.53. The Kier molecular flexibility index (Phi) is 4.29. The zero-order valence-corrected chi connectivity index (χ0v) is 12.3. The van der Waals surface area contributed by atoms with Crippen LogP contribution in [0.25, 0.3) is 0 Å². The van der Waals surface area contributed by atoms with E-state index in [0.717, 1.165) is 16.9 Å². The van der Waals surface area contributed by atoms with Gasteiger partial charge in [0.05, 0.1) is 4.34 Å². The van der Waals surface area contributed by atoms with Crippen molar-refractivity contribution in [3.05, 3.63) is 16.0 Å². The van der Waals surface area contributed by atoms with Crippen LogP contribution in [0.1, 0.15) is 19.4 Å². The van der Waals surface area contributed by atoms with E-state index in [1.807, 2.05) is 0 Å². The highest BCUT2D eigenvalue weighted by Crippen LogP contribution is 2.30. The van der Waals surface area contributed by atoms with Gasteiger partial charge in [0, 0.05) is 11.4 Å². The molecule has 1 aromatic rings. The fraction of sp³-hybridized carbons (Fsp3) is 0.556. The second-order valence-electron chi connectivity index (χ2n) is 4.15. The van der Waals surface area contributed by atoms with Crippen LogP contribution in [-0.4, -0.2) is 19.8 Å². The van der Waals surface area contributed by atoms with E-state index >= 15 is 0 Å². The summed E-state index contributed by atoms with van der Waals surface area (Å²) in [5.74, 6) is 0.199. The van der Waals surface area contributed by atoms with Gasteiger partial charge in [-0.3, -0.25) is 0 Å². The topological polar surface area (TPSA) is 46.2 Å². The Bertz CT molecular complexity index is 460. The molecule has 0 aromatic carbocycles. The molecule has 0 aliphatic heterocycles. The molecule has 92 valence electrons. The highest BCUT2D eigenvalue weighted by Gasteiger charge is 2.27. The Morgan fingerprint density at radius 1 is 1.50 bits per heavy atom. The summed E-state index contributed by atoms with van der Waals surface area (Å²) in [7, 11) is -3.53. The Morgan fingerprint density at radius 2 is 2.06 bits per heavy atom. The zero-order valence-electron chi connectivity index (χ0n) is 9.17. The summed E-state index contributed by atoms with van der Waals surface area (Å²) in [4.78, 5) is 0. The van der Waals surface area contributed by atoms with Crippen molar-refractivity contribution in [1.29, 1.82) is 0 Å². The lowest BCUT2D eigenvalue weighted by Crippen LogP contribution is -2.44. The van der Waals surface area contributed by atoms with Gasteiger partial charge in [-0.1, -0.05) is 11.6 Å². The van der Waals surface area contributed by atoms with Crippen molar-refractivity contribution >= 4 is 44.6 Å². The van der Waals surface area contributed by atoms with Gasteiger partial charge in [-0.2, -0.15) is 0 Å². The van der Waals surface area contributed by atoms with Gasteiger partial charge in [0.1, 0.15) is 4.21 Å². The van der Waals surface area contributed by atoms with E-state index in [1.165, 1.54) is 0 Å². The summed E-state index contributed by atoms with van der Waals surface area (Å²) in [5.41, 5.74) is 0.0841. The first-order chi connectivity index (χ1) is 7.18. The van der Waals surface area contributed by atoms with E-state index in [1.54, 1.807) is 26.8 Å². The molecular weight excluding hydrogens is 289 g/mol. The number of hydrogen-bond donors (Lipinski definition) is 1. The molecule has 0 amide bonds. The number of alkyl halides is 1. The molecule has 0 unspecified atom stereocenters. The predicted molar refractivity (Wildman–Crippen MR) is 69.2 cm³/mol. The second-order valence-corrected chi connectivity index (χ2v) is 7.98. The molecule has 7 heteroatoms. The molecule has 0 radical (unpaired) electrons. The third kappa shape index (κ3) is 3.34. The first kappa shape index (κ1) is 14.3. The SMILES string of the molecule is Cc1cc(S(=O)(=O)NC(C)(C)CCl)sc1Cl. The molecule has 0 saturated heterocycles. The Labute approximate surface area is 110 Å². The van der Waals surface area contributed by atoms with Crippen molar-refractivity contribution in [3.8, 4) is 0 Å². The predicted octanol–water partition coefficient (Wildman–Crippen LogP) is 3.01. The largest absolute Gasteiger partial charge is 0.250 e. The van der Waals surface area contributed by atoms with E-state index in [0.29, 0.717) is 4.34 Å². The van der Waals surface area contributed by atoms with Crippen LogP contribution in [0.4, 0.5) is 0 Å². The third-order valence-electron chi connectivity index (χ3n) is 1.84. The summed E-state index contributed by atoms with van der Waals surface area (Å²) in [5, 5.41) is 0. The standard InChI is InChI=1S/C9H13Cl2NO2S2/c1-6-4-7(15-8(6)11)16(13,14)12-9(2,3)5-10/h4,12H,5H2,1-3H3. The van der Waals surface area contributed by atoms with Gasteiger partial charge in [-0.05, 0) is 32.4 Å². The van der Waals surface area contributed by atoms with E-state index in [2.05, 4.69) is 4.72 Å². The van der Waals surface area contributed by atoms with Gasteiger partial charge >= 0.3 is 0 Å². The lowest BCUT2D eigenvalue weighted by atomic mass is 10.1. The smallest absolute Gasteiger partial charge is 0.206 e. The van der Waals surface area contributed by atoms with Crippen molar-refractivity contribution in [1.82, 2.24) is 4.72 Å². The molecule has 0 aliphatic carbocycles. The lowest BCUT2D eigenvalue weighted by molar-refractivity contribution is 0.497. The number of rotatable bonds is 4. The highest BCUT2D eigenvalue weighted by molar-refractivity contribution is 7.91. The van der Waals surface area contributed by atoms with Gasteiger partial charge in [0.2, 0.25) is 0 Å². The molecule has 0 aliphatic rings. The van der Waals surface area contributed by atoms with Crippen molar-refractivity contribution in [3.63, 3.8) is 0 Å². The molecular formula is C9H13Cl2NO2S2. The molecule has 0 saturated carbocycles. The van der Waals surface area contributed by atoms with Crippen LogP contribution in [0, 0.1) is 6.92 Å². The van der Waals surface area contributed by atoms with Crippen LogP contribution in [0.15, 0.2) is 10.3 Å². The number of nitrogens with one attached hydrogen (secondary N) is 1. The minimum Gasteiger partial charge on any atom is -0.206 e. The summed E-state index contributed by atoms with van der Waals surface area (Å²) < 4.78 is 27.1. The molecule has 0 bridgehead atoms. The Morgan fingerprint density at radius 3 is 2.44 bits per heavy atom. The number of hydrogen-bond acceptors (Lipinski definition) is 3. The van der Waals surface area contributed by atoms with Crippen LogP contribution >= 0.6 is 34.5 Å². The van der Waals surface area contributed by atoms with Crippen molar-refractivity contribution in [2.45, 2.75) is 30.5 Å². The monoisotopic (exact) mass is 301 g/mol. The maximum atomic E-state index is 12.0. The van der Waals surface area contributed by atoms with Gasteiger partial charge in [0.25, 0.3) is 10.0 Å². The van der Waals surface area contributed by atoms with Crippen LogP contribution < -0.4 is 4.72 Å². The van der Waals surface area contributed by atoms with Gasteiger partial charge < -0.3 is 0 Å². The molecule has 0 atom stereocenters. The molecule has 1 rings (SSSR count). The number of thiophene rings is 1. The quantitative estimate of drug-likeness (QED) is 0.869. The van der Waals surface area contributed by atoms with Crippen molar-refractivity contribution in [2.24, 2.45) is 0 Å². The summed E-state index contributed by atoms with van der Waals surface area (Å²) >= 11 is 12.6. The second kappa shape index (κ2) is 4.82. The number of aryl methyl sites for hydroxylation is 1. The minimum absolute atomic E-state index is 0.199. The molecule has 3 nitrogen and oxygen atoms in total. The average Bonchev–Trinajstić information content (AvgIpc) is 2.46. The summed E-state index contributed by atoms with van der Waals surface area (Å²) in [6.45, 7) is 5.21. The fourth-order valence-electron chi connectivity index (χ4n) is 1.01. The Hall–Kier alpha value is 0.190. The highest BCUT2D eigenvalue weighted by atomic mass is 35.5. The Balaban J connectivity index is 3.04. The maximum absolute atomic E-state index is 12.0. The molecule has 1 N–H and O–H groups in total. The number of sulfonamides is 1. The van der Waals surface area contributed by atoms with Gasteiger partial charge in [0.15, 0.2) is 0 Å². The van der Waals surface area contributed by atoms with E-state index in [9.17, 15) is 8.42 Å². The lowest BCUT2D eigenvalue weighted by Gasteiger charge is -2.22. The van der Waals surface area contributed by atoms with Crippen LogP contribution in [0.5, 0.6) is 0 Å². The van der Waals surface area contributed by atoms with Crippen molar-refractivity contribution in [2.75, 3.05) is 5.88 Å². The third-order valence-corrected chi connectivity index (χ3v) is 6.24. The molecule has 1 heterocycles. The normalized spacial score (nSPS) is 13.1. The first-order valence-corrected chi connectivity index (χ1v) is 7.75. The van der Waals surface area contributed by atoms with Crippen LogP contribution in [0.3, 0.4) is 0 Å². The van der Waals surface area contributed by atoms with Crippen molar-refractivity contribution < 1.29 is 8.42 Å². The van der Waals surface area contributed by atoms with E-state index in [-0.39, 0.29) is 10.1 Å². The van der Waals surface area contributed by atoms with E-state index < -0.39 is 15.6 Å². The average molecular weight is 302 g/mol. The molecule has 0 fully saturated rings. The maximum Gasteiger partial charge on any atom is 0.250 e. The van der Waals surface area contributed by atoms with Gasteiger partial charge in [-0.25, -0.2) is 13.1 Å². The first-order valence-electron chi connectivity index (χ1n) is 4.54. The van der Waals surface area contributed by atoms with Crippen LogP contribution in [-0.2, 0) is 10.0 Å². The van der Waals surface area contributed by atoms with Gasteiger partial charge in [-0.15, -0.1) is 22.9 Å². The molecule has 0 spiro atoms. The molecule has 16 heavy (non-hydrogen) atoms. The number of halogens is 2. The summed E-state index contributed by atoms with van der Waals surface area (Å²) in [6, 6.07) is 1.56.